The van der Waals surface area contributed by atoms with Gasteiger partial charge in [-0.3, -0.25) is 4.79 Å². The van der Waals surface area contributed by atoms with E-state index >= 15 is 0 Å². The van der Waals surface area contributed by atoms with E-state index in [1.54, 1.807) is 23.3 Å². The summed E-state index contributed by atoms with van der Waals surface area (Å²) in [6.45, 7) is 2.98. The van der Waals surface area contributed by atoms with Gasteiger partial charge in [-0.2, -0.15) is 0 Å². The molecule has 126 valence electrons. The van der Waals surface area contributed by atoms with Crippen LogP contribution in [0, 0.1) is 5.92 Å². The number of hydrogen-bond donors (Lipinski definition) is 1. The molecule has 2 rings (SSSR count). The summed E-state index contributed by atoms with van der Waals surface area (Å²) in [6.07, 6.45) is 1.46. The maximum Gasteiger partial charge on any atom is 0.350 e. The van der Waals surface area contributed by atoms with Crippen molar-refractivity contribution in [2.24, 2.45) is 5.92 Å². The highest BCUT2D eigenvalue weighted by Gasteiger charge is 2.30. The monoisotopic (exact) mass is 340 g/mol. The zero-order chi connectivity index (χ0) is 16.8. The summed E-state index contributed by atoms with van der Waals surface area (Å²) < 4.78 is 9.71. The molecule has 0 aliphatic carbocycles. The van der Waals surface area contributed by atoms with E-state index in [9.17, 15) is 14.4 Å². The van der Waals surface area contributed by atoms with E-state index in [0.29, 0.717) is 36.7 Å². The minimum absolute atomic E-state index is 0.268. The Morgan fingerprint density at radius 2 is 2.22 bits per heavy atom. The van der Waals surface area contributed by atoms with E-state index in [-0.39, 0.29) is 17.9 Å². The highest BCUT2D eigenvalue weighted by atomic mass is 32.1. The van der Waals surface area contributed by atoms with Crippen LogP contribution < -0.4 is 5.32 Å². The molecule has 1 unspecified atom stereocenters. The summed E-state index contributed by atoms with van der Waals surface area (Å²) in [4.78, 5) is 37.7. The van der Waals surface area contributed by atoms with Crippen molar-refractivity contribution in [2.45, 2.75) is 19.8 Å². The third-order valence-corrected chi connectivity index (χ3v) is 4.50. The molecule has 1 aromatic rings. The normalized spacial score (nSPS) is 17.5. The molecule has 2 amide bonds. The summed E-state index contributed by atoms with van der Waals surface area (Å²) in [7, 11) is 1.29. The third-order valence-electron chi connectivity index (χ3n) is 3.61. The number of piperidine rings is 1. The second kappa shape index (κ2) is 7.96. The van der Waals surface area contributed by atoms with Gasteiger partial charge < -0.3 is 19.7 Å². The highest BCUT2D eigenvalue weighted by Crippen LogP contribution is 2.24. The van der Waals surface area contributed by atoms with Gasteiger partial charge in [-0.05, 0) is 31.2 Å². The fourth-order valence-corrected chi connectivity index (χ4v) is 3.23. The maximum atomic E-state index is 12.4. The quantitative estimate of drug-likeness (QED) is 0.851. The van der Waals surface area contributed by atoms with E-state index in [1.165, 1.54) is 18.4 Å². The number of methoxy groups -OCH3 is 1. The SMILES string of the molecule is CCOC(=O)C1CCCN(C(=O)Nc2ccsc2C(=O)OC)C1. The van der Waals surface area contributed by atoms with Gasteiger partial charge in [0.05, 0.1) is 25.3 Å². The molecule has 1 aliphatic rings. The van der Waals surface area contributed by atoms with Gasteiger partial charge in [-0.1, -0.05) is 0 Å². The lowest BCUT2D eigenvalue weighted by atomic mass is 9.98. The number of hydrogen-bond acceptors (Lipinski definition) is 6. The largest absolute Gasteiger partial charge is 0.466 e. The topological polar surface area (TPSA) is 84.9 Å². The zero-order valence-electron chi connectivity index (χ0n) is 13.2. The molecule has 2 heterocycles. The fraction of sp³-hybridized carbons (Fsp3) is 0.533. The number of nitrogens with zero attached hydrogens (tertiary/aromatic N) is 1. The lowest BCUT2D eigenvalue weighted by Gasteiger charge is -2.31. The molecule has 7 nitrogen and oxygen atoms in total. The molecule has 1 fully saturated rings. The molecule has 0 spiro atoms. The van der Waals surface area contributed by atoms with E-state index in [0.717, 1.165) is 6.42 Å². The van der Waals surface area contributed by atoms with E-state index < -0.39 is 5.97 Å². The van der Waals surface area contributed by atoms with Crippen LogP contribution in [-0.2, 0) is 14.3 Å². The number of thiophene rings is 1. The summed E-state index contributed by atoms with van der Waals surface area (Å²) in [5.74, 6) is -1.05. The first-order chi connectivity index (χ1) is 11.1. The van der Waals surface area contributed by atoms with Gasteiger partial charge in [0.25, 0.3) is 0 Å². The molecule has 0 aromatic carbocycles. The van der Waals surface area contributed by atoms with Gasteiger partial charge >= 0.3 is 18.0 Å². The molecule has 1 aromatic heterocycles. The van der Waals surface area contributed by atoms with Crippen LogP contribution in [0.4, 0.5) is 10.5 Å². The number of esters is 2. The summed E-state index contributed by atoms with van der Waals surface area (Å²) >= 11 is 1.20. The number of urea groups is 1. The molecule has 1 saturated heterocycles. The van der Waals surface area contributed by atoms with Gasteiger partial charge in [0.2, 0.25) is 0 Å². The lowest BCUT2D eigenvalue weighted by Crippen LogP contribution is -2.44. The van der Waals surface area contributed by atoms with Crippen molar-refractivity contribution >= 4 is 35.0 Å². The zero-order valence-corrected chi connectivity index (χ0v) is 14.0. The van der Waals surface area contributed by atoms with Gasteiger partial charge in [0, 0.05) is 13.1 Å². The van der Waals surface area contributed by atoms with E-state index in [1.807, 2.05) is 0 Å². The Hall–Kier alpha value is -2.09. The number of ether oxygens (including phenoxy) is 2. The van der Waals surface area contributed by atoms with Gasteiger partial charge in [0.1, 0.15) is 4.88 Å². The Kier molecular flexibility index (Phi) is 5.97. The average Bonchev–Trinajstić information content (AvgIpc) is 3.02. The molecule has 1 atom stereocenters. The second-order valence-electron chi connectivity index (χ2n) is 5.12. The van der Waals surface area contributed by atoms with E-state index in [2.05, 4.69) is 10.1 Å². The van der Waals surface area contributed by atoms with Crippen LogP contribution in [0.15, 0.2) is 11.4 Å². The summed E-state index contributed by atoms with van der Waals surface area (Å²) in [5, 5.41) is 4.42. The van der Waals surface area contributed by atoms with Crippen molar-refractivity contribution in [3.63, 3.8) is 0 Å². The molecule has 1 N–H and O–H groups in total. The molecule has 8 heteroatoms. The minimum atomic E-state index is -0.488. The predicted octanol–water partition coefficient (Wildman–Crippen LogP) is 2.34. The van der Waals surface area contributed by atoms with E-state index in [4.69, 9.17) is 4.74 Å². The number of amides is 2. The van der Waals surface area contributed by atoms with Crippen molar-refractivity contribution in [1.29, 1.82) is 0 Å². The van der Waals surface area contributed by atoms with Crippen LogP contribution >= 0.6 is 11.3 Å². The molecule has 23 heavy (non-hydrogen) atoms. The number of rotatable bonds is 4. The third kappa shape index (κ3) is 4.22. The molecule has 1 aliphatic heterocycles. The highest BCUT2D eigenvalue weighted by molar-refractivity contribution is 7.12. The summed E-state index contributed by atoms with van der Waals surface area (Å²) in [6, 6.07) is 1.32. The molecule has 0 saturated carbocycles. The van der Waals surface area contributed by atoms with Crippen LogP contribution in [0.2, 0.25) is 0 Å². The Bertz CT molecular complexity index is 586. The first kappa shape index (κ1) is 17.3. The first-order valence-corrected chi connectivity index (χ1v) is 8.33. The number of anilines is 1. The van der Waals surface area contributed by atoms with Crippen molar-refractivity contribution in [2.75, 3.05) is 32.1 Å². The average molecular weight is 340 g/mol. The van der Waals surface area contributed by atoms with Crippen LogP contribution in [0.5, 0.6) is 0 Å². The fourth-order valence-electron chi connectivity index (χ4n) is 2.47. The van der Waals surface area contributed by atoms with Crippen molar-refractivity contribution in [1.82, 2.24) is 4.90 Å². The Balaban J connectivity index is 1.99. The van der Waals surface area contributed by atoms with Gasteiger partial charge in [-0.25, -0.2) is 9.59 Å². The number of carbonyl (C=O) groups is 3. The van der Waals surface area contributed by atoms with Crippen molar-refractivity contribution in [3.8, 4) is 0 Å². The minimum Gasteiger partial charge on any atom is -0.466 e. The second-order valence-corrected chi connectivity index (χ2v) is 6.04. The Morgan fingerprint density at radius 1 is 1.43 bits per heavy atom. The predicted molar refractivity (Wildman–Crippen MR) is 85.6 cm³/mol. The molecule has 0 radical (unpaired) electrons. The van der Waals surface area contributed by atoms with Crippen LogP contribution in [-0.4, -0.2) is 49.7 Å². The molecular weight excluding hydrogens is 320 g/mol. The van der Waals surface area contributed by atoms with Crippen LogP contribution in [0.3, 0.4) is 0 Å². The van der Waals surface area contributed by atoms with Gasteiger partial charge in [-0.15, -0.1) is 11.3 Å². The standard InChI is InChI=1S/C15H20N2O5S/c1-3-22-13(18)10-5-4-7-17(9-10)15(20)16-11-6-8-23-12(11)14(19)21-2/h6,8,10H,3-5,7,9H2,1-2H3,(H,16,20). The Labute approximate surface area is 138 Å². The smallest absolute Gasteiger partial charge is 0.350 e. The number of carbonyl (C=O) groups excluding carboxylic acids is 3. The number of nitrogens with one attached hydrogen (secondary N) is 1. The first-order valence-electron chi connectivity index (χ1n) is 7.45. The maximum absolute atomic E-state index is 12.4. The summed E-state index contributed by atoms with van der Waals surface area (Å²) in [5.41, 5.74) is 0.421. The van der Waals surface area contributed by atoms with Gasteiger partial charge in [0.15, 0.2) is 0 Å². The van der Waals surface area contributed by atoms with Crippen LogP contribution in [0.25, 0.3) is 0 Å². The van der Waals surface area contributed by atoms with Crippen molar-refractivity contribution < 1.29 is 23.9 Å². The molecule has 0 bridgehead atoms. The Morgan fingerprint density at radius 3 is 2.91 bits per heavy atom. The van der Waals surface area contributed by atoms with Crippen molar-refractivity contribution in [3.05, 3.63) is 16.3 Å². The number of likely N-dealkylation sites (tertiary alicyclic amines) is 1. The van der Waals surface area contributed by atoms with Crippen LogP contribution in [0.1, 0.15) is 29.4 Å². The lowest BCUT2D eigenvalue weighted by molar-refractivity contribution is -0.149. The molecular formula is C15H20N2O5S.